The highest BCUT2D eigenvalue weighted by Crippen LogP contribution is 2.21. The van der Waals surface area contributed by atoms with Crippen LogP contribution in [0.2, 0.25) is 5.02 Å². The average Bonchev–Trinajstić information content (AvgIpc) is 2.91. The molecule has 4 nitrogen and oxygen atoms in total. The summed E-state index contributed by atoms with van der Waals surface area (Å²) in [5.41, 5.74) is 3.01. The number of carbonyl (C=O) groups is 1. The number of amides is 1. The molecule has 3 aromatic rings. The van der Waals surface area contributed by atoms with E-state index in [9.17, 15) is 4.79 Å². The molecule has 2 aromatic heterocycles. The summed E-state index contributed by atoms with van der Waals surface area (Å²) in [6.45, 7) is 1.90. The van der Waals surface area contributed by atoms with Crippen LogP contribution in [-0.2, 0) is 0 Å². The standard InChI is InChI=1S/C15H12ClN3O/c1-9-6-10(2-3-13(9)16)19-15(20)12-7-17-8-14-11(12)4-5-18-14/h2-8,18H,1H3,(H,19,20). The van der Waals surface area contributed by atoms with Gasteiger partial charge < -0.3 is 10.3 Å². The normalized spacial score (nSPS) is 10.7. The van der Waals surface area contributed by atoms with Crippen molar-refractivity contribution in [2.45, 2.75) is 6.92 Å². The van der Waals surface area contributed by atoms with Crippen LogP contribution in [0.25, 0.3) is 10.9 Å². The smallest absolute Gasteiger partial charge is 0.257 e. The van der Waals surface area contributed by atoms with Crippen LogP contribution in [0.5, 0.6) is 0 Å². The van der Waals surface area contributed by atoms with Crippen LogP contribution < -0.4 is 5.32 Å². The first-order valence-electron chi connectivity index (χ1n) is 6.14. The van der Waals surface area contributed by atoms with Crippen LogP contribution in [0.1, 0.15) is 15.9 Å². The minimum absolute atomic E-state index is 0.190. The number of aromatic nitrogens is 2. The van der Waals surface area contributed by atoms with E-state index in [-0.39, 0.29) is 5.91 Å². The van der Waals surface area contributed by atoms with E-state index in [2.05, 4.69) is 15.3 Å². The van der Waals surface area contributed by atoms with Crippen LogP contribution in [0, 0.1) is 6.92 Å². The van der Waals surface area contributed by atoms with Crippen molar-refractivity contribution < 1.29 is 4.79 Å². The third-order valence-electron chi connectivity index (χ3n) is 3.14. The summed E-state index contributed by atoms with van der Waals surface area (Å²) < 4.78 is 0. The largest absolute Gasteiger partial charge is 0.360 e. The first-order valence-corrected chi connectivity index (χ1v) is 6.51. The van der Waals surface area contributed by atoms with Crippen LogP contribution >= 0.6 is 11.6 Å². The molecule has 1 aromatic carbocycles. The number of nitrogens with zero attached hydrogens (tertiary/aromatic N) is 1. The SMILES string of the molecule is Cc1cc(NC(=O)c2cncc3[nH]ccc23)ccc1Cl. The number of aryl methyl sites for hydroxylation is 1. The monoisotopic (exact) mass is 285 g/mol. The second-order valence-corrected chi connectivity index (χ2v) is 4.95. The fourth-order valence-electron chi connectivity index (χ4n) is 2.08. The van der Waals surface area contributed by atoms with E-state index in [4.69, 9.17) is 11.6 Å². The van der Waals surface area contributed by atoms with Gasteiger partial charge in [-0.25, -0.2) is 0 Å². The predicted octanol–water partition coefficient (Wildman–Crippen LogP) is 3.78. The number of carbonyl (C=O) groups excluding carboxylic acids is 1. The first-order chi connectivity index (χ1) is 9.65. The Labute approximate surface area is 120 Å². The number of hydrogen-bond acceptors (Lipinski definition) is 2. The van der Waals surface area contributed by atoms with E-state index < -0.39 is 0 Å². The zero-order valence-corrected chi connectivity index (χ0v) is 11.5. The quantitative estimate of drug-likeness (QED) is 0.753. The summed E-state index contributed by atoms with van der Waals surface area (Å²) in [7, 11) is 0. The molecule has 0 saturated carbocycles. The number of anilines is 1. The molecular weight excluding hydrogens is 274 g/mol. The molecule has 0 aliphatic carbocycles. The van der Waals surface area contributed by atoms with Gasteiger partial charge in [0.1, 0.15) is 0 Å². The number of halogens is 1. The van der Waals surface area contributed by atoms with E-state index in [1.165, 1.54) is 0 Å². The molecule has 0 aliphatic heterocycles. The van der Waals surface area contributed by atoms with E-state index in [1.54, 1.807) is 30.7 Å². The molecule has 0 bridgehead atoms. The molecule has 2 heterocycles. The maximum atomic E-state index is 12.3. The van der Waals surface area contributed by atoms with Gasteiger partial charge in [-0.3, -0.25) is 9.78 Å². The molecule has 100 valence electrons. The van der Waals surface area contributed by atoms with E-state index in [0.29, 0.717) is 16.3 Å². The Morgan fingerprint density at radius 3 is 2.95 bits per heavy atom. The summed E-state index contributed by atoms with van der Waals surface area (Å²) in [6, 6.07) is 7.24. The number of hydrogen-bond donors (Lipinski definition) is 2. The van der Waals surface area contributed by atoms with Crippen molar-refractivity contribution in [1.29, 1.82) is 0 Å². The van der Waals surface area contributed by atoms with Gasteiger partial charge in [-0.05, 0) is 36.8 Å². The Kier molecular flexibility index (Phi) is 3.16. The van der Waals surface area contributed by atoms with Crippen molar-refractivity contribution in [3.63, 3.8) is 0 Å². The summed E-state index contributed by atoms with van der Waals surface area (Å²) >= 11 is 5.97. The minimum Gasteiger partial charge on any atom is -0.360 e. The summed E-state index contributed by atoms with van der Waals surface area (Å²) in [4.78, 5) is 19.4. The molecule has 20 heavy (non-hydrogen) atoms. The molecule has 0 atom stereocenters. The number of fused-ring (bicyclic) bond motifs is 1. The zero-order valence-electron chi connectivity index (χ0n) is 10.8. The average molecular weight is 286 g/mol. The van der Waals surface area contributed by atoms with Crippen LogP contribution in [0.4, 0.5) is 5.69 Å². The third kappa shape index (κ3) is 2.26. The summed E-state index contributed by atoms with van der Waals surface area (Å²) in [6.07, 6.45) is 5.04. The zero-order chi connectivity index (χ0) is 14.1. The highest BCUT2D eigenvalue weighted by Gasteiger charge is 2.11. The first kappa shape index (κ1) is 12.7. The van der Waals surface area contributed by atoms with Crippen molar-refractivity contribution in [2.75, 3.05) is 5.32 Å². The van der Waals surface area contributed by atoms with Crippen LogP contribution in [0.15, 0.2) is 42.9 Å². The molecule has 0 aliphatic rings. The summed E-state index contributed by atoms with van der Waals surface area (Å²) in [5.74, 6) is -0.190. The number of aromatic amines is 1. The maximum Gasteiger partial charge on any atom is 0.257 e. The molecule has 0 spiro atoms. The van der Waals surface area contributed by atoms with Gasteiger partial charge in [0.15, 0.2) is 0 Å². The van der Waals surface area contributed by atoms with Crippen molar-refractivity contribution in [3.05, 3.63) is 59.0 Å². The number of H-pyrrole nitrogens is 1. The van der Waals surface area contributed by atoms with Crippen molar-refractivity contribution >= 4 is 34.1 Å². The van der Waals surface area contributed by atoms with Gasteiger partial charge in [-0.2, -0.15) is 0 Å². The van der Waals surface area contributed by atoms with Gasteiger partial charge in [0, 0.05) is 28.5 Å². The molecule has 5 heteroatoms. The van der Waals surface area contributed by atoms with E-state index >= 15 is 0 Å². The van der Waals surface area contributed by atoms with E-state index in [1.807, 2.05) is 19.1 Å². The van der Waals surface area contributed by atoms with Gasteiger partial charge in [-0.1, -0.05) is 11.6 Å². The van der Waals surface area contributed by atoms with Gasteiger partial charge in [0.05, 0.1) is 17.3 Å². The molecule has 1 amide bonds. The molecule has 0 radical (unpaired) electrons. The Bertz CT molecular complexity index is 795. The lowest BCUT2D eigenvalue weighted by Gasteiger charge is -2.07. The van der Waals surface area contributed by atoms with E-state index in [0.717, 1.165) is 16.5 Å². The second kappa shape index (κ2) is 4.98. The number of nitrogens with one attached hydrogen (secondary N) is 2. The number of pyridine rings is 1. The van der Waals surface area contributed by atoms with Gasteiger partial charge in [0.25, 0.3) is 5.91 Å². The fraction of sp³-hybridized carbons (Fsp3) is 0.0667. The van der Waals surface area contributed by atoms with Crippen molar-refractivity contribution in [1.82, 2.24) is 9.97 Å². The predicted molar refractivity (Wildman–Crippen MR) is 80.2 cm³/mol. The second-order valence-electron chi connectivity index (χ2n) is 4.54. The Hall–Kier alpha value is -2.33. The number of benzene rings is 1. The molecule has 0 fully saturated rings. The lowest BCUT2D eigenvalue weighted by atomic mass is 10.1. The number of rotatable bonds is 2. The summed E-state index contributed by atoms with van der Waals surface area (Å²) in [5, 5.41) is 4.39. The van der Waals surface area contributed by atoms with Crippen LogP contribution in [0.3, 0.4) is 0 Å². The Balaban J connectivity index is 1.93. The highest BCUT2D eigenvalue weighted by atomic mass is 35.5. The lowest BCUT2D eigenvalue weighted by molar-refractivity contribution is 0.102. The Morgan fingerprint density at radius 2 is 2.15 bits per heavy atom. The lowest BCUT2D eigenvalue weighted by Crippen LogP contribution is -2.12. The molecule has 2 N–H and O–H groups in total. The third-order valence-corrected chi connectivity index (χ3v) is 3.56. The topological polar surface area (TPSA) is 57.8 Å². The maximum absolute atomic E-state index is 12.3. The fourth-order valence-corrected chi connectivity index (χ4v) is 2.20. The van der Waals surface area contributed by atoms with Crippen LogP contribution in [-0.4, -0.2) is 15.9 Å². The van der Waals surface area contributed by atoms with Crippen molar-refractivity contribution in [3.8, 4) is 0 Å². The van der Waals surface area contributed by atoms with Gasteiger partial charge in [0.2, 0.25) is 0 Å². The van der Waals surface area contributed by atoms with Crippen molar-refractivity contribution in [2.24, 2.45) is 0 Å². The minimum atomic E-state index is -0.190. The highest BCUT2D eigenvalue weighted by molar-refractivity contribution is 6.31. The molecular formula is C15H12ClN3O. The Morgan fingerprint density at radius 1 is 1.30 bits per heavy atom. The van der Waals surface area contributed by atoms with Gasteiger partial charge >= 0.3 is 0 Å². The van der Waals surface area contributed by atoms with Gasteiger partial charge in [-0.15, -0.1) is 0 Å². The molecule has 0 saturated heterocycles. The molecule has 3 rings (SSSR count). The molecule has 0 unspecified atom stereocenters.